The molecule has 0 fully saturated rings. The average Bonchev–Trinajstić information content (AvgIpc) is 3.77. The molecule has 12 rings (SSSR count). The van der Waals surface area contributed by atoms with Crippen LogP contribution in [0.25, 0.3) is 87.6 Å². The third-order valence-electron chi connectivity index (χ3n) is 12.1. The second kappa shape index (κ2) is 12.1. The van der Waals surface area contributed by atoms with Crippen molar-refractivity contribution in [2.75, 3.05) is 4.90 Å². The number of hydrogen-bond donors (Lipinski definition) is 0. The molecule has 2 aromatic heterocycles. The van der Waals surface area contributed by atoms with Crippen LogP contribution in [-0.2, 0) is 0 Å². The van der Waals surface area contributed by atoms with Crippen LogP contribution in [0, 0.1) is 0 Å². The first-order chi connectivity index (χ1) is 27.8. The number of pyridine rings is 1. The summed E-state index contributed by atoms with van der Waals surface area (Å²) in [5.74, 6) is 1.03. The van der Waals surface area contributed by atoms with E-state index in [2.05, 4.69) is 198 Å². The van der Waals surface area contributed by atoms with Crippen molar-refractivity contribution in [3.05, 3.63) is 200 Å². The highest BCUT2D eigenvalue weighted by Gasteiger charge is 2.36. The Kier molecular flexibility index (Phi) is 6.75. The summed E-state index contributed by atoms with van der Waals surface area (Å²) in [5, 5.41) is 10.0. The zero-order valence-corrected chi connectivity index (χ0v) is 30.6. The Morgan fingerprint density at radius 3 is 1.86 bits per heavy atom. The lowest BCUT2D eigenvalue weighted by Crippen LogP contribution is -2.27. The second-order valence-corrected chi connectivity index (χ2v) is 15.1. The largest absolute Gasteiger partial charge is 0.318 e. The van der Waals surface area contributed by atoms with Crippen LogP contribution in [0.3, 0.4) is 0 Å². The van der Waals surface area contributed by atoms with Crippen LogP contribution in [0.2, 0.25) is 0 Å². The summed E-state index contributed by atoms with van der Waals surface area (Å²) in [4.78, 5) is 7.37. The molecule has 262 valence electrons. The van der Waals surface area contributed by atoms with Crippen LogP contribution in [-0.4, -0.2) is 15.6 Å². The molecular formula is C53H35N3. The minimum absolute atomic E-state index is 0.225. The van der Waals surface area contributed by atoms with Crippen molar-refractivity contribution in [1.82, 2.24) is 9.55 Å². The molecule has 10 aromatic rings. The molecule has 0 spiro atoms. The Hall–Kier alpha value is -7.23. The van der Waals surface area contributed by atoms with Crippen LogP contribution < -0.4 is 4.90 Å². The van der Waals surface area contributed by atoms with Gasteiger partial charge in [0.1, 0.15) is 5.82 Å². The van der Waals surface area contributed by atoms with Gasteiger partial charge in [-0.3, -0.25) is 0 Å². The van der Waals surface area contributed by atoms with Gasteiger partial charge in [-0.1, -0.05) is 140 Å². The zero-order chi connectivity index (χ0) is 36.7. The maximum Gasteiger partial charge on any atom is 0.141 e. The molecule has 0 N–H and O–H groups in total. The quantitative estimate of drug-likeness (QED) is 0.169. The van der Waals surface area contributed by atoms with E-state index in [0.29, 0.717) is 0 Å². The van der Waals surface area contributed by atoms with Gasteiger partial charge in [0.2, 0.25) is 0 Å². The van der Waals surface area contributed by atoms with E-state index in [-0.39, 0.29) is 6.04 Å². The molecule has 1 aliphatic carbocycles. The van der Waals surface area contributed by atoms with Gasteiger partial charge in [0.15, 0.2) is 0 Å². The molecule has 2 aliphatic rings. The monoisotopic (exact) mass is 713 g/mol. The summed E-state index contributed by atoms with van der Waals surface area (Å²) in [6.45, 7) is 0. The number of benzene rings is 8. The van der Waals surface area contributed by atoms with Gasteiger partial charge >= 0.3 is 0 Å². The van der Waals surface area contributed by atoms with Gasteiger partial charge in [-0.05, 0) is 115 Å². The molecule has 0 amide bonds. The Labute approximate surface area is 324 Å². The number of rotatable bonds is 4. The molecule has 0 radical (unpaired) electrons. The van der Waals surface area contributed by atoms with Gasteiger partial charge in [-0.25, -0.2) is 4.98 Å². The van der Waals surface area contributed by atoms with Crippen LogP contribution >= 0.6 is 0 Å². The predicted molar refractivity (Wildman–Crippen MR) is 236 cm³/mol. The number of fused-ring (bicyclic) bond motifs is 9. The van der Waals surface area contributed by atoms with Crippen molar-refractivity contribution < 1.29 is 0 Å². The summed E-state index contributed by atoms with van der Waals surface area (Å²) in [7, 11) is 0. The fourth-order valence-electron chi connectivity index (χ4n) is 9.66. The van der Waals surface area contributed by atoms with Gasteiger partial charge in [-0.2, -0.15) is 0 Å². The highest BCUT2D eigenvalue weighted by atomic mass is 15.2. The summed E-state index contributed by atoms with van der Waals surface area (Å²) in [6, 6.07) is 62.8. The Bertz CT molecular complexity index is 3240. The van der Waals surface area contributed by atoms with Gasteiger partial charge in [0, 0.05) is 33.9 Å². The van der Waals surface area contributed by atoms with E-state index in [0.717, 1.165) is 23.6 Å². The molecule has 1 aliphatic heterocycles. The van der Waals surface area contributed by atoms with Crippen molar-refractivity contribution in [2.24, 2.45) is 0 Å². The van der Waals surface area contributed by atoms with Crippen LogP contribution in [0.15, 0.2) is 194 Å². The van der Waals surface area contributed by atoms with E-state index in [9.17, 15) is 0 Å². The predicted octanol–water partition coefficient (Wildman–Crippen LogP) is 13.8. The molecular weight excluding hydrogens is 679 g/mol. The van der Waals surface area contributed by atoms with Crippen molar-refractivity contribution in [3.63, 3.8) is 0 Å². The Morgan fingerprint density at radius 2 is 1.11 bits per heavy atom. The van der Waals surface area contributed by atoms with Gasteiger partial charge < -0.3 is 9.47 Å². The molecule has 1 unspecified atom stereocenters. The molecule has 8 aromatic carbocycles. The van der Waals surface area contributed by atoms with E-state index >= 15 is 0 Å². The summed E-state index contributed by atoms with van der Waals surface area (Å²) >= 11 is 0. The number of anilines is 2. The minimum Gasteiger partial charge on any atom is -0.318 e. The minimum atomic E-state index is 0.225. The molecule has 1 atom stereocenters. The third-order valence-corrected chi connectivity index (χ3v) is 12.1. The van der Waals surface area contributed by atoms with Gasteiger partial charge in [-0.15, -0.1) is 0 Å². The molecule has 0 bridgehead atoms. The van der Waals surface area contributed by atoms with E-state index in [1.165, 1.54) is 87.5 Å². The fourth-order valence-corrected chi connectivity index (χ4v) is 9.66. The van der Waals surface area contributed by atoms with Crippen molar-refractivity contribution in [1.29, 1.82) is 0 Å². The first-order valence-corrected chi connectivity index (χ1v) is 19.5. The highest BCUT2D eigenvalue weighted by Crippen LogP contribution is 2.48. The molecule has 3 heterocycles. The topological polar surface area (TPSA) is 21.1 Å². The zero-order valence-electron chi connectivity index (χ0n) is 30.6. The summed E-state index contributed by atoms with van der Waals surface area (Å²) < 4.78 is 2.46. The number of aromatic nitrogens is 2. The lowest BCUT2D eigenvalue weighted by molar-refractivity contribution is 0.821. The Morgan fingerprint density at radius 1 is 0.482 bits per heavy atom. The van der Waals surface area contributed by atoms with Crippen molar-refractivity contribution in [3.8, 4) is 27.9 Å². The van der Waals surface area contributed by atoms with Crippen LogP contribution in [0.1, 0.15) is 12.0 Å². The average molecular weight is 714 g/mol. The van der Waals surface area contributed by atoms with Crippen LogP contribution in [0.4, 0.5) is 11.5 Å². The molecule has 0 saturated carbocycles. The van der Waals surface area contributed by atoms with E-state index in [1.54, 1.807) is 0 Å². The van der Waals surface area contributed by atoms with E-state index < -0.39 is 0 Å². The molecule has 0 saturated heterocycles. The number of nitrogens with zero attached hydrogens (tertiary/aromatic N) is 3. The van der Waals surface area contributed by atoms with Gasteiger partial charge in [0.25, 0.3) is 0 Å². The van der Waals surface area contributed by atoms with Gasteiger partial charge in [0.05, 0.1) is 17.1 Å². The standard InChI is InChI=1S/C53H35N3/c1-2-15-38(16-3-1)55-49-32-37(26-28-41(49)42-29-27-39(33-50(42)55)56-48-23-11-10-17-40(48)47-22-12-30-54-53(47)56)52-45-20-8-6-18-43(45)51(44-19-7-9-21-46(44)52)36-25-24-34-13-4-5-14-35(34)31-36/h1-22,24-33,48H,23H2. The highest BCUT2D eigenvalue weighted by molar-refractivity contribution is 6.22. The van der Waals surface area contributed by atoms with Crippen molar-refractivity contribution >= 4 is 71.2 Å². The lowest BCUT2D eigenvalue weighted by atomic mass is 9.85. The first-order valence-electron chi connectivity index (χ1n) is 19.5. The summed E-state index contributed by atoms with van der Waals surface area (Å²) in [6.07, 6.45) is 9.59. The molecule has 56 heavy (non-hydrogen) atoms. The molecule has 3 nitrogen and oxygen atoms in total. The maximum absolute atomic E-state index is 4.93. The molecule has 3 heteroatoms. The van der Waals surface area contributed by atoms with E-state index in [4.69, 9.17) is 4.98 Å². The van der Waals surface area contributed by atoms with Crippen molar-refractivity contribution in [2.45, 2.75) is 12.5 Å². The number of allylic oxidation sites excluding steroid dienone is 2. The lowest BCUT2D eigenvalue weighted by Gasteiger charge is -2.28. The Balaban J connectivity index is 1.10. The van der Waals surface area contributed by atoms with Crippen LogP contribution in [0.5, 0.6) is 0 Å². The third kappa shape index (κ3) is 4.55. The number of para-hydroxylation sites is 1. The smallest absolute Gasteiger partial charge is 0.141 e. The SMILES string of the molecule is C1=CCC2C(=C1)c1cccnc1N2c1ccc2c3ccc(-c4c5ccccc5c(-c5ccc6ccccc6c5)c5ccccc45)cc3n(-c3ccccc3)c2c1. The normalized spacial score (nSPS) is 14.9. The summed E-state index contributed by atoms with van der Waals surface area (Å²) in [5.41, 5.74) is 12.2. The first kappa shape index (κ1) is 31.2. The van der Waals surface area contributed by atoms with E-state index in [1.807, 2.05) is 6.20 Å². The fraction of sp³-hybridized carbons (Fsp3) is 0.0377. The maximum atomic E-state index is 4.93. The second-order valence-electron chi connectivity index (χ2n) is 15.1. The number of hydrogen-bond acceptors (Lipinski definition) is 2.